The quantitative estimate of drug-likeness (QED) is 0.338. The van der Waals surface area contributed by atoms with Crippen LogP contribution in [0.5, 0.6) is 5.75 Å². The highest BCUT2D eigenvalue weighted by Crippen LogP contribution is 2.39. The Labute approximate surface area is 277 Å². The SMILES string of the molecule is CCN1C(=O)c2c(OCc3ccccc3)c(=O)c(C(=O)NCc3ccc(F)cc3F)cn2N(C(=O)OC(C)(C)C)C1[C@H]1CC[C@@H](CO)C1. The van der Waals surface area contributed by atoms with Crippen molar-refractivity contribution in [2.45, 2.75) is 71.9 Å². The lowest BCUT2D eigenvalue weighted by molar-refractivity contribution is 0.0267. The van der Waals surface area contributed by atoms with Crippen LogP contribution in [-0.4, -0.2) is 57.5 Å². The molecule has 3 amide bonds. The van der Waals surface area contributed by atoms with Gasteiger partial charge in [0.25, 0.3) is 11.8 Å². The minimum absolute atomic E-state index is 0.0211. The fraction of sp³-hybridized carbons (Fsp3) is 0.429. The lowest BCUT2D eigenvalue weighted by Gasteiger charge is -2.47. The average Bonchev–Trinajstić information content (AvgIpc) is 3.52. The second-order valence-corrected chi connectivity index (χ2v) is 13.0. The molecule has 1 aromatic heterocycles. The molecule has 2 heterocycles. The molecule has 1 unspecified atom stereocenters. The Bertz CT molecular complexity index is 1740. The molecule has 3 aromatic rings. The first kappa shape index (κ1) is 34.6. The molecule has 1 aliphatic heterocycles. The van der Waals surface area contributed by atoms with E-state index < -0.39 is 58.1 Å². The van der Waals surface area contributed by atoms with E-state index >= 15 is 0 Å². The van der Waals surface area contributed by atoms with E-state index in [1.54, 1.807) is 58.0 Å². The number of hydrogen-bond donors (Lipinski definition) is 2. The van der Waals surface area contributed by atoms with Gasteiger partial charge in [0.15, 0.2) is 11.4 Å². The summed E-state index contributed by atoms with van der Waals surface area (Å²) in [5.41, 5.74) is -1.95. The van der Waals surface area contributed by atoms with E-state index in [1.807, 2.05) is 0 Å². The van der Waals surface area contributed by atoms with Gasteiger partial charge in [-0.1, -0.05) is 36.4 Å². The summed E-state index contributed by atoms with van der Waals surface area (Å²) in [6, 6.07) is 11.8. The molecule has 2 N–H and O–H groups in total. The minimum atomic E-state index is -0.950. The second kappa shape index (κ2) is 14.1. The fourth-order valence-electron chi connectivity index (χ4n) is 6.26. The number of carbonyl (C=O) groups is 3. The Morgan fingerprint density at radius 3 is 2.42 bits per heavy atom. The van der Waals surface area contributed by atoms with E-state index in [0.29, 0.717) is 30.9 Å². The lowest BCUT2D eigenvalue weighted by Crippen LogP contribution is -2.66. The zero-order valence-electron chi connectivity index (χ0n) is 27.4. The van der Waals surface area contributed by atoms with Crippen LogP contribution >= 0.6 is 0 Å². The summed E-state index contributed by atoms with van der Waals surface area (Å²) in [7, 11) is 0. The second-order valence-electron chi connectivity index (χ2n) is 13.0. The van der Waals surface area contributed by atoms with Gasteiger partial charge in [-0.2, -0.15) is 5.01 Å². The molecule has 1 aliphatic carbocycles. The number of aromatic nitrogens is 1. The Hall–Kier alpha value is -4.78. The zero-order chi connectivity index (χ0) is 34.7. The maximum Gasteiger partial charge on any atom is 0.431 e. The lowest BCUT2D eigenvalue weighted by atomic mass is 9.99. The minimum Gasteiger partial charge on any atom is -0.482 e. The van der Waals surface area contributed by atoms with Gasteiger partial charge in [-0.05, 0) is 64.5 Å². The molecule has 256 valence electrons. The maximum absolute atomic E-state index is 14.4. The topological polar surface area (TPSA) is 130 Å². The van der Waals surface area contributed by atoms with Crippen LogP contribution in [-0.2, 0) is 17.9 Å². The molecule has 1 fully saturated rings. The number of aliphatic hydroxyl groups excluding tert-OH is 1. The van der Waals surface area contributed by atoms with Crippen molar-refractivity contribution in [3.63, 3.8) is 0 Å². The van der Waals surface area contributed by atoms with Gasteiger partial charge in [-0.25, -0.2) is 18.3 Å². The molecular formula is C35H40F2N4O7. The van der Waals surface area contributed by atoms with Gasteiger partial charge in [0.05, 0.1) is 0 Å². The van der Waals surface area contributed by atoms with E-state index in [9.17, 15) is 33.1 Å². The van der Waals surface area contributed by atoms with Gasteiger partial charge >= 0.3 is 6.09 Å². The van der Waals surface area contributed by atoms with E-state index in [4.69, 9.17) is 9.47 Å². The molecule has 0 saturated heterocycles. The van der Waals surface area contributed by atoms with Gasteiger partial charge in [0.2, 0.25) is 5.43 Å². The Morgan fingerprint density at radius 2 is 1.79 bits per heavy atom. The first-order valence-electron chi connectivity index (χ1n) is 16.0. The molecule has 0 bridgehead atoms. The standard InChI is InChI=1S/C35H40F2N4O7/c1-5-39-32(23-12-11-22(15-23)19-42)41(34(46)48-35(2,3)4)40-18-26(31(44)38-17-24-13-14-25(36)16-27(24)37)29(43)30(28(40)33(39)45)47-20-21-9-7-6-8-10-21/h6-10,13-14,16,18,22-23,32,42H,5,11-12,15,17,19-20H2,1-4H3,(H,38,44)/t22-,23+,32?/m1/s1. The summed E-state index contributed by atoms with van der Waals surface area (Å²) in [6.45, 7) is 6.44. The van der Waals surface area contributed by atoms with E-state index in [2.05, 4.69) is 5.32 Å². The summed E-state index contributed by atoms with van der Waals surface area (Å²) < 4.78 is 40.8. The number of nitrogens with one attached hydrogen (secondary N) is 1. The first-order valence-corrected chi connectivity index (χ1v) is 16.0. The summed E-state index contributed by atoms with van der Waals surface area (Å²) >= 11 is 0. The normalized spacial score (nSPS) is 19.2. The first-order chi connectivity index (χ1) is 22.8. The molecule has 1 saturated carbocycles. The van der Waals surface area contributed by atoms with Crippen LogP contribution < -0.4 is 20.5 Å². The predicted molar refractivity (Wildman–Crippen MR) is 172 cm³/mol. The Morgan fingerprint density at radius 1 is 1.06 bits per heavy atom. The predicted octanol–water partition coefficient (Wildman–Crippen LogP) is 4.72. The van der Waals surface area contributed by atoms with Crippen LogP contribution in [0, 0.1) is 23.5 Å². The van der Waals surface area contributed by atoms with Gasteiger partial charge in [-0.15, -0.1) is 0 Å². The summed E-state index contributed by atoms with van der Waals surface area (Å²) in [6.07, 6.45) is 1.20. The maximum atomic E-state index is 14.4. The monoisotopic (exact) mass is 666 g/mol. The van der Waals surface area contributed by atoms with Crippen LogP contribution in [0.4, 0.5) is 13.6 Å². The van der Waals surface area contributed by atoms with Gasteiger partial charge in [0.1, 0.15) is 35.6 Å². The van der Waals surface area contributed by atoms with E-state index in [0.717, 1.165) is 16.9 Å². The number of benzene rings is 2. The van der Waals surface area contributed by atoms with Gasteiger partial charge in [0, 0.05) is 43.4 Å². The van der Waals surface area contributed by atoms with Crippen LogP contribution in [0.3, 0.4) is 0 Å². The van der Waals surface area contributed by atoms with Gasteiger partial charge in [-0.3, -0.25) is 14.4 Å². The van der Waals surface area contributed by atoms with Crippen molar-refractivity contribution in [3.8, 4) is 5.75 Å². The van der Waals surface area contributed by atoms with Crippen molar-refractivity contribution < 1.29 is 37.7 Å². The smallest absolute Gasteiger partial charge is 0.431 e. The number of pyridine rings is 1. The van der Waals surface area contributed by atoms with Crippen LogP contribution in [0.1, 0.15) is 78.9 Å². The summed E-state index contributed by atoms with van der Waals surface area (Å²) in [5.74, 6) is -3.94. The number of halogens is 2. The van der Waals surface area contributed by atoms with E-state index in [1.165, 1.54) is 16.0 Å². The fourth-order valence-corrected chi connectivity index (χ4v) is 6.26. The molecule has 11 nitrogen and oxygen atoms in total. The summed E-state index contributed by atoms with van der Waals surface area (Å²) in [5, 5.41) is 13.6. The molecule has 5 rings (SSSR count). The molecule has 2 aliphatic rings. The molecule has 0 radical (unpaired) electrons. The molecule has 2 aromatic carbocycles. The molecule has 13 heteroatoms. The van der Waals surface area contributed by atoms with Crippen LogP contribution in [0.15, 0.2) is 59.5 Å². The van der Waals surface area contributed by atoms with Crippen molar-refractivity contribution in [1.29, 1.82) is 0 Å². The van der Waals surface area contributed by atoms with Crippen molar-refractivity contribution in [2.75, 3.05) is 18.2 Å². The molecule has 3 atom stereocenters. The number of carbonyl (C=O) groups excluding carboxylic acids is 3. The average molecular weight is 667 g/mol. The highest BCUT2D eigenvalue weighted by atomic mass is 19.1. The molecule has 48 heavy (non-hydrogen) atoms. The highest BCUT2D eigenvalue weighted by molar-refractivity contribution is 6.01. The van der Waals surface area contributed by atoms with Crippen LogP contribution in [0.25, 0.3) is 0 Å². The molecule has 0 spiro atoms. The number of rotatable bonds is 9. The third-order valence-electron chi connectivity index (χ3n) is 8.52. The largest absolute Gasteiger partial charge is 0.482 e. The van der Waals surface area contributed by atoms with E-state index in [-0.39, 0.29) is 49.4 Å². The number of nitrogens with zero attached hydrogens (tertiary/aromatic N) is 3. The number of amides is 3. The highest BCUT2D eigenvalue weighted by Gasteiger charge is 2.49. The number of hydrogen-bond acceptors (Lipinski definition) is 7. The molecular weight excluding hydrogens is 626 g/mol. The number of fused-ring (bicyclic) bond motifs is 1. The number of ether oxygens (including phenoxy) is 2. The van der Waals surface area contributed by atoms with Crippen LogP contribution in [0.2, 0.25) is 0 Å². The Kier molecular flexibility index (Phi) is 10.2. The zero-order valence-corrected chi connectivity index (χ0v) is 27.4. The van der Waals surface area contributed by atoms with Gasteiger partial charge < -0.3 is 24.8 Å². The summed E-state index contributed by atoms with van der Waals surface area (Å²) in [4.78, 5) is 57.6. The van der Waals surface area contributed by atoms with Crippen molar-refractivity contribution in [2.24, 2.45) is 11.8 Å². The van der Waals surface area contributed by atoms with Crippen molar-refractivity contribution >= 4 is 17.9 Å². The number of aliphatic hydroxyl groups is 1. The third-order valence-corrected chi connectivity index (χ3v) is 8.52. The van der Waals surface area contributed by atoms with Crippen molar-refractivity contribution in [3.05, 3.63) is 99.0 Å². The third kappa shape index (κ3) is 7.20. The van der Waals surface area contributed by atoms with Crippen molar-refractivity contribution in [1.82, 2.24) is 14.9 Å². The Balaban J connectivity index is 1.66.